The van der Waals surface area contributed by atoms with Gasteiger partial charge in [0.1, 0.15) is 6.61 Å². The van der Waals surface area contributed by atoms with E-state index in [1.54, 1.807) is 0 Å². The van der Waals surface area contributed by atoms with E-state index in [1.807, 2.05) is 17.0 Å². The summed E-state index contributed by atoms with van der Waals surface area (Å²) in [5, 5.41) is 0. The third-order valence-corrected chi connectivity index (χ3v) is 4.46. The summed E-state index contributed by atoms with van der Waals surface area (Å²) in [6, 6.07) is 8.15. The Hall–Kier alpha value is -1.39. The molecule has 2 aliphatic rings. The Balaban J connectivity index is 1.82. The van der Waals surface area contributed by atoms with Gasteiger partial charge in [0.2, 0.25) is 0 Å². The first-order valence-electron chi connectivity index (χ1n) is 7.28. The van der Waals surface area contributed by atoms with E-state index < -0.39 is 0 Å². The summed E-state index contributed by atoms with van der Waals surface area (Å²) in [5.74, 6) is 0.0696. The Morgan fingerprint density at radius 1 is 1.25 bits per heavy atom. The molecule has 108 valence electrons. The number of carbonyl (C=O) groups excluding carboxylic acids is 1. The van der Waals surface area contributed by atoms with E-state index in [4.69, 9.17) is 4.74 Å². The summed E-state index contributed by atoms with van der Waals surface area (Å²) < 4.78 is 5.93. The van der Waals surface area contributed by atoms with E-state index in [-0.39, 0.29) is 18.1 Å². The number of amides is 1. The number of piperidine rings is 1. The molecule has 3 rings (SSSR count). The van der Waals surface area contributed by atoms with Crippen LogP contribution in [0.25, 0.3) is 0 Å². The fourth-order valence-corrected chi connectivity index (χ4v) is 3.07. The first kappa shape index (κ1) is 13.6. The summed E-state index contributed by atoms with van der Waals surface area (Å²) in [4.78, 5) is 16.4. The number of nitrogens with zero attached hydrogens (tertiary/aromatic N) is 2. The van der Waals surface area contributed by atoms with E-state index in [0.717, 1.165) is 31.6 Å². The number of hydrogen-bond acceptors (Lipinski definition) is 3. The minimum atomic E-state index is -0.149. The van der Waals surface area contributed by atoms with Crippen LogP contribution < -0.4 is 4.90 Å². The zero-order valence-electron chi connectivity index (χ0n) is 12.3. The molecule has 0 unspecified atom stereocenters. The maximum atomic E-state index is 12.2. The average molecular weight is 274 g/mol. The molecule has 2 heterocycles. The summed E-state index contributed by atoms with van der Waals surface area (Å²) in [6.45, 7) is 5.02. The Morgan fingerprint density at radius 2 is 2.00 bits per heavy atom. The zero-order chi connectivity index (χ0) is 14.2. The van der Waals surface area contributed by atoms with E-state index in [1.165, 1.54) is 5.56 Å². The molecule has 0 aliphatic carbocycles. The largest absolute Gasteiger partial charge is 0.363 e. The minimum absolute atomic E-state index is 0.0696. The van der Waals surface area contributed by atoms with Gasteiger partial charge in [-0.05, 0) is 44.5 Å². The average Bonchev–Trinajstić information content (AvgIpc) is 2.45. The van der Waals surface area contributed by atoms with Crippen molar-refractivity contribution >= 4 is 11.6 Å². The summed E-state index contributed by atoms with van der Waals surface area (Å²) in [6.07, 6.45) is 2.00. The molecule has 1 amide bonds. The van der Waals surface area contributed by atoms with Crippen molar-refractivity contribution in [2.24, 2.45) is 0 Å². The van der Waals surface area contributed by atoms with Crippen molar-refractivity contribution in [2.45, 2.75) is 25.4 Å². The number of aryl methyl sites for hydroxylation is 1. The van der Waals surface area contributed by atoms with Crippen molar-refractivity contribution in [2.75, 3.05) is 38.2 Å². The first-order chi connectivity index (χ1) is 9.58. The standard InChI is InChI=1S/C16H22N2O2/c1-13-4-3-5-14(10-13)18-12-16(20-11-15(18)19)6-8-17(2)9-7-16/h3-5,10H,6-9,11-12H2,1-2H3. The third kappa shape index (κ3) is 2.58. The Labute approximate surface area is 120 Å². The van der Waals surface area contributed by atoms with Crippen LogP contribution in [-0.2, 0) is 9.53 Å². The first-order valence-corrected chi connectivity index (χ1v) is 7.28. The highest BCUT2D eigenvalue weighted by atomic mass is 16.5. The molecule has 20 heavy (non-hydrogen) atoms. The van der Waals surface area contributed by atoms with Crippen LogP contribution in [0.15, 0.2) is 24.3 Å². The molecule has 1 aromatic carbocycles. The number of benzene rings is 1. The number of carbonyl (C=O) groups is 1. The van der Waals surface area contributed by atoms with Gasteiger partial charge in [-0.1, -0.05) is 12.1 Å². The topological polar surface area (TPSA) is 32.8 Å². The molecule has 0 N–H and O–H groups in total. The Kier molecular flexibility index (Phi) is 3.52. The molecule has 0 radical (unpaired) electrons. The fraction of sp³-hybridized carbons (Fsp3) is 0.562. The van der Waals surface area contributed by atoms with Gasteiger partial charge >= 0.3 is 0 Å². The van der Waals surface area contributed by atoms with Crippen LogP contribution in [-0.4, -0.2) is 49.7 Å². The van der Waals surface area contributed by atoms with Crippen LogP contribution in [0.2, 0.25) is 0 Å². The second-order valence-electron chi connectivity index (χ2n) is 6.09. The number of rotatable bonds is 1. The Morgan fingerprint density at radius 3 is 2.70 bits per heavy atom. The molecule has 1 spiro atoms. The van der Waals surface area contributed by atoms with E-state index in [9.17, 15) is 4.79 Å². The van der Waals surface area contributed by atoms with Gasteiger partial charge in [-0.25, -0.2) is 0 Å². The van der Waals surface area contributed by atoms with Crippen molar-refractivity contribution in [3.63, 3.8) is 0 Å². The smallest absolute Gasteiger partial charge is 0.253 e. The van der Waals surface area contributed by atoms with Gasteiger partial charge in [0, 0.05) is 18.8 Å². The van der Waals surface area contributed by atoms with Gasteiger partial charge in [-0.2, -0.15) is 0 Å². The molecule has 1 aromatic rings. The van der Waals surface area contributed by atoms with Gasteiger partial charge in [-0.3, -0.25) is 4.79 Å². The van der Waals surface area contributed by atoms with Crippen molar-refractivity contribution in [3.8, 4) is 0 Å². The third-order valence-electron chi connectivity index (χ3n) is 4.46. The SMILES string of the molecule is Cc1cccc(N2CC3(CCN(C)CC3)OCC2=O)c1. The summed E-state index contributed by atoms with van der Waals surface area (Å²) in [7, 11) is 2.14. The molecule has 4 nitrogen and oxygen atoms in total. The molecular weight excluding hydrogens is 252 g/mol. The zero-order valence-corrected chi connectivity index (χ0v) is 12.3. The van der Waals surface area contributed by atoms with Crippen LogP contribution in [0.3, 0.4) is 0 Å². The highest BCUT2D eigenvalue weighted by Crippen LogP contribution is 2.32. The van der Waals surface area contributed by atoms with E-state index in [2.05, 4.69) is 31.0 Å². The molecule has 0 saturated carbocycles. The summed E-state index contributed by atoms with van der Waals surface area (Å²) >= 11 is 0. The molecule has 2 fully saturated rings. The van der Waals surface area contributed by atoms with Gasteiger partial charge in [0.15, 0.2) is 0 Å². The number of hydrogen-bond donors (Lipinski definition) is 0. The van der Waals surface area contributed by atoms with Gasteiger partial charge in [0.05, 0.1) is 12.1 Å². The second kappa shape index (κ2) is 5.19. The lowest BCUT2D eigenvalue weighted by Gasteiger charge is -2.46. The predicted octanol–water partition coefficient (Wildman–Crippen LogP) is 1.82. The highest BCUT2D eigenvalue weighted by Gasteiger charge is 2.42. The van der Waals surface area contributed by atoms with Crippen molar-refractivity contribution in [3.05, 3.63) is 29.8 Å². The number of anilines is 1. The molecule has 2 saturated heterocycles. The molecule has 0 bridgehead atoms. The van der Waals surface area contributed by atoms with Gasteiger partial charge in [0.25, 0.3) is 5.91 Å². The summed E-state index contributed by atoms with van der Waals surface area (Å²) in [5.41, 5.74) is 2.03. The normalized spacial score (nSPS) is 23.3. The molecular formula is C16H22N2O2. The Bertz CT molecular complexity index is 507. The lowest BCUT2D eigenvalue weighted by Crippen LogP contribution is -2.58. The van der Waals surface area contributed by atoms with E-state index >= 15 is 0 Å². The molecule has 2 aliphatic heterocycles. The maximum Gasteiger partial charge on any atom is 0.253 e. The van der Waals surface area contributed by atoms with Crippen LogP contribution in [0.5, 0.6) is 0 Å². The van der Waals surface area contributed by atoms with Gasteiger partial charge < -0.3 is 14.5 Å². The van der Waals surface area contributed by atoms with Crippen LogP contribution >= 0.6 is 0 Å². The predicted molar refractivity (Wildman–Crippen MR) is 78.9 cm³/mol. The molecule has 0 aromatic heterocycles. The number of ether oxygens (including phenoxy) is 1. The van der Waals surface area contributed by atoms with Crippen molar-refractivity contribution < 1.29 is 9.53 Å². The van der Waals surface area contributed by atoms with Gasteiger partial charge in [-0.15, -0.1) is 0 Å². The number of likely N-dealkylation sites (tertiary alicyclic amines) is 1. The molecule has 0 atom stereocenters. The van der Waals surface area contributed by atoms with Crippen LogP contribution in [0, 0.1) is 6.92 Å². The highest BCUT2D eigenvalue weighted by molar-refractivity contribution is 5.95. The quantitative estimate of drug-likeness (QED) is 0.783. The maximum absolute atomic E-state index is 12.2. The fourth-order valence-electron chi connectivity index (χ4n) is 3.07. The van der Waals surface area contributed by atoms with Crippen molar-refractivity contribution in [1.29, 1.82) is 0 Å². The van der Waals surface area contributed by atoms with E-state index in [0.29, 0.717) is 6.54 Å². The lowest BCUT2D eigenvalue weighted by atomic mass is 9.89. The molecule has 4 heteroatoms. The van der Waals surface area contributed by atoms with Crippen LogP contribution in [0.4, 0.5) is 5.69 Å². The lowest BCUT2D eigenvalue weighted by molar-refractivity contribution is -0.144. The second-order valence-corrected chi connectivity index (χ2v) is 6.09. The van der Waals surface area contributed by atoms with Crippen molar-refractivity contribution in [1.82, 2.24) is 4.90 Å². The minimum Gasteiger partial charge on any atom is -0.363 e. The number of morpholine rings is 1. The monoisotopic (exact) mass is 274 g/mol. The van der Waals surface area contributed by atoms with Crippen LogP contribution in [0.1, 0.15) is 18.4 Å².